The zero-order valence-electron chi connectivity index (χ0n) is 18.3. The van der Waals surface area contributed by atoms with Crippen LogP contribution in [0.5, 0.6) is 11.5 Å². The second-order valence-corrected chi connectivity index (χ2v) is 7.20. The Morgan fingerprint density at radius 2 is 1.79 bits per heavy atom. The van der Waals surface area contributed by atoms with Crippen molar-refractivity contribution in [1.29, 1.82) is 0 Å². The van der Waals surface area contributed by atoms with Crippen molar-refractivity contribution in [3.05, 3.63) is 66.5 Å². The molecule has 2 N–H and O–H groups in total. The zero-order valence-corrected chi connectivity index (χ0v) is 18.3. The number of rotatable bonds is 7. The van der Waals surface area contributed by atoms with Gasteiger partial charge in [0.1, 0.15) is 17.3 Å². The van der Waals surface area contributed by atoms with Gasteiger partial charge in [-0.2, -0.15) is 0 Å². The van der Waals surface area contributed by atoms with Gasteiger partial charge in [0.25, 0.3) is 5.91 Å². The summed E-state index contributed by atoms with van der Waals surface area (Å²) in [6.07, 6.45) is 2.35. The molecule has 0 fully saturated rings. The number of benzene rings is 2. The second-order valence-electron chi connectivity index (χ2n) is 7.20. The molecule has 33 heavy (non-hydrogen) atoms. The third-order valence-electron chi connectivity index (χ3n) is 4.92. The van der Waals surface area contributed by atoms with Gasteiger partial charge in [-0.05, 0) is 37.3 Å². The maximum atomic E-state index is 12.6. The average Bonchev–Trinajstić information content (AvgIpc) is 3.27. The van der Waals surface area contributed by atoms with Crippen LogP contribution in [0, 0.1) is 0 Å². The van der Waals surface area contributed by atoms with Crippen LogP contribution >= 0.6 is 0 Å². The number of amides is 1. The molecule has 168 valence electrons. The van der Waals surface area contributed by atoms with Crippen molar-refractivity contribution in [2.24, 2.45) is 0 Å². The van der Waals surface area contributed by atoms with Gasteiger partial charge in [-0.3, -0.25) is 9.78 Å². The highest BCUT2D eigenvalue weighted by atomic mass is 16.5. The van der Waals surface area contributed by atoms with E-state index in [9.17, 15) is 9.59 Å². The number of imidazole rings is 1. The summed E-state index contributed by atoms with van der Waals surface area (Å²) in [7, 11) is 3.03. The van der Waals surface area contributed by atoms with Crippen molar-refractivity contribution in [2.75, 3.05) is 19.5 Å². The predicted molar refractivity (Wildman–Crippen MR) is 122 cm³/mol. The number of methoxy groups -OCH3 is 2. The van der Waals surface area contributed by atoms with Crippen LogP contribution in [0.1, 0.15) is 17.3 Å². The Balaban J connectivity index is 1.45. The van der Waals surface area contributed by atoms with E-state index < -0.39 is 18.0 Å². The average molecular weight is 446 g/mol. The number of esters is 1. The van der Waals surface area contributed by atoms with Gasteiger partial charge in [0.2, 0.25) is 0 Å². The van der Waals surface area contributed by atoms with Crippen LogP contribution < -0.4 is 14.8 Å². The minimum atomic E-state index is -1.03. The van der Waals surface area contributed by atoms with Crippen LogP contribution in [0.25, 0.3) is 22.4 Å². The van der Waals surface area contributed by atoms with Gasteiger partial charge in [-0.25, -0.2) is 9.78 Å². The van der Waals surface area contributed by atoms with Crippen molar-refractivity contribution >= 4 is 28.6 Å². The molecule has 0 aliphatic heterocycles. The first-order chi connectivity index (χ1) is 16.0. The lowest BCUT2D eigenvalue weighted by Gasteiger charge is -2.15. The summed E-state index contributed by atoms with van der Waals surface area (Å²) in [4.78, 5) is 37.0. The molecule has 0 saturated carbocycles. The molecule has 4 aromatic rings. The molecule has 2 aromatic heterocycles. The van der Waals surface area contributed by atoms with E-state index in [0.717, 1.165) is 5.56 Å². The molecular formula is C24H22N4O5. The number of carbonyl (C=O) groups is 2. The molecule has 0 radical (unpaired) electrons. The quantitative estimate of drug-likeness (QED) is 0.415. The van der Waals surface area contributed by atoms with Gasteiger partial charge in [-0.1, -0.05) is 0 Å². The number of aromatic nitrogens is 3. The predicted octanol–water partition coefficient (Wildman–Crippen LogP) is 3.83. The second kappa shape index (κ2) is 9.39. The fraction of sp³-hybridized carbons (Fsp3) is 0.167. The maximum Gasteiger partial charge on any atom is 0.338 e. The fourth-order valence-corrected chi connectivity index (χ4v) is 3.18. The number of hydrogen-bond donors (Lipinski definition) is 2. The molecular weight excluding hydrogens is 424 g/mol. The van der Waals surface area contributed by atoms with Crippen molar-refractivity contribution in [3.8, 4) is 22.9 Å². The number of pyridine rings is 1. The Bertz CT molecular complexity index is 1280. The minimum absolute atomic E-state index is 0.298. The summed E-state index contributed by atoms with van der Waals surface area (Å²) in [6, 6.07) is 13.6. The van der Waals surface area contributed by atoms with E-state index in [1.807, 2.05) is 12.1 Å². The summed E-state index contributed by atoms with van der Waals surface area (Å²) in [6.45, 7) is 1.50. The number of nitrogens with zero attached hydrogens (tertiary/aromatic N) is 2. The molecule has 2 aromatic carbocycles. The van der Waals surface area contributed by atoms with E-state index >= 15 is 0 Å². The largest absolute Gasteiger partial charge is 0.497 e. The first-order valence-electron chi connectivity index (χ1n) is 10.1. The smallest absolute Gasteiger partial charge is 0.338 e. The third-order valence-corrected chi connectivity index (χ3v) is 4.92. The van der Waals surface area contributed by atoms with Crippen LogP contribution in [0.3, 0.4) is 0 Å². The molecule has 1 unspecified atom stereocenters. The van der Waals surface area contributed by atoms with Crippen molar-refractivity contribution in [2.45, 2.75) is 13.0 Å². The molecule has 1 atom stereocenters. The Morgan fingerprint density at radius 3 is 2.45 bits per heavy atom. The van der Waals surface area contributed by atoms with E-state index in [4.69, 9.17) is 14.2 Å². The number of hydrogen-bond acceptors (Lipinski definition) is 7. The lowest BCUT2D eigenvalue weighted by molar-refractivity contribution is -0.123. The van der Waals surface area contributed by atoms with Gasteiger partial charge < -0.3 is 24.5 Å². The highest BCUT2D eigenvalue weighted by molar-refractivity contribution is 5.99. The highest BCUT2D eigenvalue weighted by Gasteiger charge is 2.20. The normalized spacial score (nSPS) is 11.6. The van der Waals surface area contributed by atoms with E-state index in [1.54, 1.807) is 48.8 Å². The van der Waals surface area contributed by atoms with Gasteiger partial charge in [-0.15, -0.1) is 0 Å². The van der Waals surface area contributed by atoms with E-state index in [-0.39, 0.29) is 0 Å². The number of H-pyrrole nitrogens is 1. The molecule has 0 aliphatic rings. The van der Waals surface area contributed by atoms with E-state index in [2.05, 4.69) is 20.3 Å². The number of ether oxygens (including phenoxy) is 3. The molecule has 0 bridgehead atoms. The highest BCUT2D eigenvalue weighted by Crippen LogP contribution is 2.26. The molecule has 0 spiro atoms. The van der Waals surface area contributed by atoms with Crippen molar-refractivity contribution in [3.63, 3.8) is 0 Å². The molecule has 9 heteroatoms. The minimum Gasteiger partial charge on any atom is -0.497 e. The lowest BCUT2D eigenvalue weighted by Crippen LogP contribution is -2.30. The fourth-order valence-electron chi connectivity index (χ4n) is 3.18. The number of aromatic amines is 1. The molecule has 9 nitrogen and oxygen atoms in total. The van der Waals surface area contributed by atoms with Gasteiger partial charge in [0.15, 0.2) is 6.10 Å². The summed E-state index contributed by atoms with van der Waals surface area (Å²) < 4.78 is 15.8. The Labute approximate surface area is 189 Å². The Kier molecular flexibility index (Phi) is 6.21. The first-order valence-corrected chi connectivity index (χ1v) is 10.1. The van der Waals surface area contributed by atoms with Crippen molar-refractivity contribution < 1.29 is 23.8 Å². The van der Waals surface area contributed by atoms with Crippen LogP contribution in [-0.4, -0.2) is 47.2 Å². The lowest BCUT2D eigenvalue weighted by atomic mass is 10.2. The number of fused-ring (bicyclic) bond motifs is 1. The van der Waals surface area contributed by atoms with Gasteiger partial charge in [0.05, 0.1) is 30.8 Å². The summed E-state index contributed by atoms with van der Waals surface area (Å²) >= 11 is 0. The van der Waals surface area contributed by atoms with E-state index in [0.29, 0.717) is 39.6 Å². The third kappa shape index (κ3) is 4.93. The van der Waals surface area contributed by atoms with Crippen molar-refractivity contribution in [1.82, 2.24) is 15.0 Å². The van der Waals surface area contributed by atoms with Crippen LogP contribution in [-0.2, 0) is 9.53 Å². The molecule has 2 heterocycles. The first kappa shape index (κ1) is 21.8. The van der Waals surface area contributed by atoms with Crippen LogP contribution in [0.4, 0.5) is 5.69 Å². The number of carbonyl (C=O) groups excluding carboxylic acids is 2. The molecule has 0 saturated heterocycles. The summed E-state index contributed by atoms with van der Waals surface area (Å²) in [5.41, 5.74) is 2.96. The Hall–Kier alpha value is -4.40. The molecule has 1 amide bonds. The molecule has 4 rings (SSSR count). The SMILES string of the molecule is COc1cc(NC(=O)C(C)OC(=O)c2ccc3nc(-c4cccnc4)[nH]c3c2)cc(OC)c1. The zero-order chi connectivity index (χ0) is 23.4. The standard InChI is InChI=1S/C24H22N4O5/c1-14(23(29)26-17-10-18(31-2)12-19(11-17)32-3)33-24(30)15-6-7-20-21(9-15)28-22(27-20)16-5-4-8-25-13-16/h4-14H,1-3H3,(H,26,29)(H,27,28). The molecule has 0 aliphatic carbocycles. The summed E-state index contributed by atoms with van der Waals surface area (Å²) in [5, 5.41) is 2.70. The maximum absolute atomic E-state index is 12.6. The van der Waals surface area contributed by atoms with Gasteiger partial charge >= 0.3 is 5.97 Å². The monoisotopic (exact) mass is 446 g/mol. The van der Waals surface area contributed by atoms with Crippen LogP contribution in [0.15, 0.2) is 60.9 Å². The van der Waals surface area contributed by atoms with E-state index in [1.165, 1.54) is 21.1 Å². The summed E-state index contributed by atoms with van der Waals surface area (Å²) in [5.74, 6) is 0.575. The number of anilines is 1. The Morgan fingerprint density at radius 1 is 1.03 bits per heavy atom. The number of nitrogens with one attached hydrogen (secondary N) is 2. The van der Waals surface area contributed by atoms with Crippen LogP contribution in [0.2, 0.25) is 0 Å². The van der Waals surface area contributed by atoms with Gasteiger partial charge in [0, 0.05) is 41.8 Å². The topological polar surface area (TPSA) is 115 Å².